The van der Waals surface area contributed by atoms with E-state index < -0.39 is 23.4 Å². The van der Waals surface area contributed by atoms with Crippen molar-refractivity contribution in [2.24, 2.45) is 0 Å². The van der Waals surface area contributed by atoms with Crippen molar-refractivity contribution in [1.29, 1.82) is 0 Å². The molecule has 0 atom stereocenters. The van der Waals surface area contributed by atoms with Crippen molar-refractivity contribution >= 4 is 35.2 Å². The molecule has 0 aliphatic carbocycles. The number of hydrogen-bond acceptors (Lipinski definition) is 6. The molecule has 0 radical (unpaired) electrons. The predicted molar refractivity (Wildman–Crippen MR) is 124 cm³/mol. The van der Waals surface area contributed by atoms with Crippen LogP contribution in [-0.4, -0.2) is 36.6 Å². The summed E-state index contributed by atoms with van der Waals surface area (Å²) in [6.07, 6.45) is 1.72. The SMILES string of the molecule is CCOC(=O)C(C/C=C1\c2ccccc2CSc2ccccc21)(NC(C)=O)C(=O)OCC. The van der Waals surface area contributed by atoms with E-state index in [1.165, 1.54) is 6.92 Å². The van der Waals surface area contributed by atoms with Crippen LogP contribution in [0.25, 0.3) is 5.57 Å². The fourth-order valence-corrected chi connectivity index (χ4v) is 4.78. The van der Waals surface area contributed by atoms with Gasteiger partial charge in [0, 0.05) is 24.0 Å². The van der Waals surface area contributed by atoms with Crippen LogP contribution in [0, 0.1) is 0 Å². The number of ether oxygens (including phenoxy) is 2. The fraction of sp³-hybridized carbons (Fsp3) is 0.320. The second-order valence-corrected chi connectivity index (χ2v) is 8.31. The first-order chi connectivity index (χ1) is 15.4. The topological polar surface area (TPSA) is 81.7 Å². The third kappa shape index (κ3) is 4.88. The number of carbonyl (C=O) groups is 3. The van der Waals surface area contributed by atoms with Crippen LogP contribution in [0.3, 0.4) is 0 Å². The Labute approximate surface area is 192 Å². The number of hydrogen-bond donors (Lipinski definition) is 1. The molecule has 1 aliphatic heterocycles. The van der Waals surface area contributed by atoms with Crippen molar-refractivity contribution in [1.82, 2.24) is 5.32 Å². The molecule has 0 fully saturated rings. The molecule has 2 aromatic rings. The molecule has 1 N–H and O–H groups in total. The van der Waals surface area contributed by atoms with E-state index in [1.807, 2.05) is 42.5 Å². The Morgan fingerprint density at radius 1 is 0.969 bits per heavy atom. The van der Waals surface area contributed by atoms with Crippen molar-refractivity contribution in [3.8, 4) is 0 Å². The summed E-state index contributed by atoms with van der Waals surface area (Å²) in [6.45, 7) is 4.69. The fourth-order valence-electron chi connectivity index (χ4n) is 3.71. The molecule has 168 valence electrons. The molecule has 1 heterocycles. The van der Waals surface area contributed by atoms with Crippen LogP contribution in [0.2, 0.25) is 0 Å². The van der Waals surface area contributed by atoms with Gasteiger partial charge in [0.2, 0.25) is 11.4 Å². The van der Waals surface area contributed by atoms with E-state index in [0.717, 1.165) is 32.9 Å². The van der Waals surface area contributed by atoms with E-state index in [2.05, 4.69) is 17.4 Å². The van der Waals surface area contributed by atoms with E-state index in [9.17, 15) is 14.4 Å². The third-order valence-corrected chi connectivity index (χ3v) is 6.24. The van der Waals surface area contributed by atoms with Gasteiger partial charge in [-0.2, -0.15) is 0 Å². The number of fused-ring (bicyclic) bond motifs is 2. The number of nitrogens with one attached hydrogen (secondary N) is 1. The van der Waals surface area contributed by atoms with E-state index in [1.54, 1.807) is 25.6 Å². The summed E-state index contributed by atoms with van der Waals surface area (Å²) < 4.78 is 10.4. The molecule has 0 aromatic heterocycles. The summed E-state index contributed by atoms with van der Waals surface area (Å²) in [5, 5.41) is 2.53. The molecule has 6 nitrogen and oxygen atoms in total. The van der Waals surface area contributed by atoms with E-state index in [4.69, 9.17) is 9.47 Å². The Bertz CT molecular complexity index is 979. The number of esters is 2. The van der Waals surface area contributed by atoms with Crippen LogP contribution in [-0.2, 0) is 29.6 Å². The smallest absolute Gasteiger partial charge is 0.344 e. The van der Waals surface area contributed by atoms with Crippen LogP contribution >= 0.6 is 11.8 Å². The first-order valence-corrected chi connectivity index (χ1v) is 11.5. The monoisotopic (exact) mass is 453 g/mol. The van der Waals surface area contributed by atoms with E-state index in [-0.39, 0.29) is 19.6 Å². The first-order valence-electron chi connectivity index (χ1n) is 10.6. The zero-order valence-electron chi connectivity index (χ0n) is 18.5. The van der Waals surface area contributed by atoms with E-state index in [0.29, 0.717) is 0 Å². The standard InChI is InChI=1S/C25H27NO5S/c1-4-30-23(28)25(26-17(3)27,24(29)31-5-2)15-14-20-19-11-7-6-10-18(19)16-32-22-13-9-8-12-21(20)22/h6-14H,4-5,15-16H2,1-3H3,(H,26,27)/b20-14+. The minimum absolute atomic E-state index is 0.0679. The summed E-state index contributed by atoms with van der Waals surface area (Å²) in [5.41, 5.74) is 2.11. The average Bonchev–Trinajstić information content (AvgIpc) is 2.93. The normalized spacial score (nSPS) is 14.0. The highest BCUT2D eigenvalue weighted by atomic mass is 32.2. The molecule has 0 saturated heterocycles. The van der Waals surface area contributed by atoms with Gasteiger partial charge in [-0.1, -0.05) is 48.5 Å². The average molecular weight is 454 g/mol. The third-order valence-electron chi connectivity index (χ3n) is 5.12. The van der Waals surface area contributed by atoms with Gasteiger partial charge in [-0.15, -0.1) is 11.8 Å². The summed E-state index contributed by atoms with van der Waals surface area (Å²) in [4.78, 5) is 39.1. The zero-order chi connectivity index (χ0) is 23.1. The van der Waals surface area contributed by atoms with Gasteiger partial charge >= 0.3 is 11.9 Å². The number of benzene rings is 2. The molecule has 0 spiro atoms. The molecule has 7 heteroatoms. The van der Waals surface area contributed by atoms with Crippen LogP contribution in [0.1, 0.15) is 43.9 Å². The van der Waals surface area contributed by atoms with Crippen molar-refractivity contribution in [3.05, 3.63) is 71.3 Å². The number of rotatable bonds is 7. The van der Waals surface area contributed by atoms with Crippen LogP contribution < -0.4 is 5.32 Å². The summed E-state index contributed by atoms with van der Waals surface area (Å²) in [7, 11) is 0. The van der Waals surface area contributed by atoms with Gasteiger partial charge in [0.15, 0.2) is 0 Å². The maximum atomic E-state index is 13.0. The lowest BCUT2D eigenvalue weighted by Crippen LogP contribution is -2.60. The molecule has 1 aliphatic rings. The Hall–Kier alpha value is -3.06. The zero-order valence-corrected chi connectivity index (χ0v) is 19.3. The summed E-state index contributed by atoms with van der Waals surface area (Å²) in [6, 6.07) is 16.1. The Kier molecular flexibility index (Phi) is 7.75. The van der Waals surface area contributed by atoms with Gasteiger partial charge < -0.3 is 14.8 Å². The van der Waals surface area contributed by atoms with Gasteiger partial charge in [0.05, 0.1) is 13.2 Å². The highest BCUT2D eigenvalue weighted by Gasteiger charge is 2.49. The lowest BCUT2D eigenvalue weighted by atomic mass is 9.88. The number of thioether (sulfide) groups is 1. The quantitative estimate of drug-likeness (QED) is 0.502. The van der Waals surface area contributed by atoms with Crippen molar-refractivity contribution in [2.75, 3.05) is 13.2 Å². The molecule has 3 rings (SSSR count). The molecule has 0 unspecified atom stereocenters. The predicted octanol–water partition coefficient (Wildman–Crippen LogP) is 4.12. The van der Waals surface area contributed by atoms with Crippen LogP contribution in [0.5, 0.6) is 0 Å². The maximum absolute atomic E-state index is 13.0. The molecule has 0 bridgehead atoms. The first kappa shape index (κ1) is 23.6. The Morgan fingerprint density at radius 2 is 1.56 bits per heavy atom. The number of amides is 1. The van der Waals surface area contributed by atoms with Crippen molar-refractivity contribution < 1.29 is 23.9 Å². The van der Waals surface area contributed by atoms with Gasteiger partial charge in [-0.3, -0.25) is 4.79 Å². The summed E-state index contributed by atoms with van der Waals surface area (Å²) in [5.74, 6) is -1.40. The number of carbonyl (C=O) groups excluding carboxylic acids is 3. The Morgan fingerprint density at radius 3 is 2.19 bits per heavy atom. The molecule has 32 heavy (non-hydrogen) atoms. The minimum Gasteiger partial charge on any atom is -0.464 e. The van der Waals surface area contributed by atoms with Crippen molar-refractivity contribution in [3.63, 3.8) is 0 Å². The van der Waals surface area contributed by atoms with Crippen molar-refractivity contribution in [2.45, 2.75) is 43.4 Å². The molecular formula is C25H27NO5S. The second kappa shape index (κ2) is 10.5. The molecule has 2 aromatic carbocycles. The lowest BCUT2D eigenvalue weighted by Gasteiger charge is -2.29. The van der Waals surface area contributed by atoms with Gasteiger partial charge in [-0.05, 0) is 42.2 Å². The highest BCUT2D eigenvalue weighted by molar-refractivity contribution is 7.98. The molecular weight excluding hydrogens is 426 g/mol. The van der Waals surface area contributed by atoms with E-state index >= 15 is 0 Å². The highest BCUT2D eigenvalue weighted by Crippen LogP contribution is 2.40. The lowest BCUT2D eigenvalue weighted by molar-refractivity contribution is -0.167. The summed E-state index contributed by atoms with van der Waals surface area (Å²) >= 11 is 1.74. The largest absolute Gasteiger partial charge is 0.464 e. The van der Waals surface area contributed by atoms with Gasteiger partial charge in [-0.25, -0.2) is 9.59 Å². The second-order valence-electron chi connectivity index (χ2n) is 7.29. The van der Waals surface area contributed by atoms with Gasteiger partial charge in [0.25, 0.3) is 0 Å². The minimum atomic E-state index is -1.96. The van der Waals surface area contributed by atoms with Crippen LogP contribution in [0.15, 0.2) is 59.5 Å². The van der Waals surface area contributed by atoms with Gasteiger partial charge in [0.1, 0.15) is 0 Å². The molecule has 1 amide bonds. The maximum Gasteiger partial charge on any atom is 0.344 e. The van der Waals surface area contributed by atoms with Crippen LogP contribution in [0.4, 0.5) is 0 Å². The molecule has 0 saturated carbocycles. The Balaban J connectivity index is 2.16.